The number of benzene rings is 1. The fourth-order valence-electron chi connectivity index (χ4n) is 4.38. The number of thiophene rings is 1. The lowest BCUT2D eigenvalue weighted by Gasteiger charge is -2.12. The molecule has 4 heterocycles. The molecule has 3 N–H and O–H groups in total. The van der Waals surface area contributed by atoms with E-state index in [-0.39, 0.29) is 38.7 Å². The van der Waals surface area contributed by atoms with E-state index in [2.05, 4.69) is 15.4 Å². The largest absolute Gasteiger partial charge is 0.497 e. The third-order valence-corrected chi connectivity index (χ3v) is 7.51. The quantitative estimate of drug-likeness (QED) is 0.211. The molecular formula is C28H24F3N5O5S. The molecule has 0 saturated carbocycles. The van der Waals surface area contributed by atoms with Crippen molar-refractivity contribution in [2.45, 2.75) is 33.2 Å². The number of hydrogen-bond acceptors (Lipinski definition) is 8. The number of carbonyl (C=O) groups excluding carboxylic acids is 2. The van der Waals surface area contributed by atoms with Crippen LogP contribution in [0.1, 0.15) is 44.3 Å². The van der Waals surface area contributed by atoms with Crippen molar-refractivity contribution in [3.8, 4) is 22.6 Å². The van der Waals surface area contributed by atoms with E-state index >= 15 is 0 Å². The van der Waals surface area contributed by atoms with E-state index in [1.165, 1.54) is 19.4 Å². The number of pyridine rings is 1. The summed E-state index contributed by atoms with van der Waals surface area (Å²) in [5.41, 5.74) is 5.43. The van der Waals surface area contributed by atoms with Crippen molar-refractivity contribution in [1.29, 1.82) is 0 Å². The number of alkyl halides is 3. The summed E-state index contributed by atoms with van der Waals surface area (Å²) in [4.78, 5) is 29.1. The minimum Gasteiger partial charge on any atom is -0.497 e. The molecule has 10 nitrogen and oxygen atoms in total. The number of hydrogen-bond donors (Lipinski definition) is 2. The molecule has 4 aromatic heterocycles. The Balaban J connectivity index is 1.52. The molecule has 5 aromatic rings. The number of nitrogens with zero attached hydrogens (tertiary/aromatic N) is 3. The second kappa shape index (κ2) is 11.2. The number of methoxy groups -OCH3 is 1. The van der Waals surface area contributed by atoms with Crippen LogP contribution in [-0.2, 0) is 19.3 Å². The predicted molar refractivity (Wildman–Crippen MR) is 149 cm³/mol. The summed E-state index contributed by atoms with van der Waals surface area (Å²) in [7, 11) is 1.53. The topological polar surface area (TPSA) is 134 Å². The van der Waals surface area contributed by atoms with Crippen LogP contribution in [-0.4, -0.2) is 33.7 Å². The normalized spacial score (nSPS) is 11.6. The van der Waals surface area contributed by atoms with Gasteiger partial charge in [-0.25, -0.2) is 4.98 Å². The lowest BCUT2D eigenvalue weighted by Crippen LogP contribution is -2.16. The number of carbonyl (C=O) groups is 2. The third kappa shape index (κ3) is 5.52. The predicted octanol–water partition coefficient (Wildman–Crippen LogP) is 6.04. The van der Waals surface area contributed by atoms with Gasteiger partial charge in [0, 0.05) is 29.3 Å². The number of aryl methyl sites for hydroxylation is 1. The molecule has 0 aliphatic carbocycles. The van der Waals surface area contributed by atoms with Crippen LogP contribution in [0.4, 0.5) is 18.9 Å². The summed E-state index contributed by atoms with van der Waals surface area (Å²) in [6.45, 7) is 4.04. The zero-order valence-corrected chi connectivity index (χ0v) is 23.4. The Bertz CT molecular complexity index is 1810. The first-order valence-corrected chi connectivity index (χ1v) is 13.4. The number of aromatic nitrogens is 3. The number of primary amides is 1. The fourth-order valence-corrected chi connectivity index (χ4v) is 5.38. The zero-order valence-electron chi connectivity index (χ0n) is 22.5. The maximum Gasteiger partial charge on any atom is 0.433 e. The molecule has 2 amide bonds. The molecule has 42 heavy (non-hydrogen) atoms. The van der Waals surface area contributed by atoms with Crippen LogP contribution in [0.3, 0.4) is 0 Å². The van der Waals surface area contributed by atoms with Gasteiger partial charge in [0.1, 0.15) is 39.3 Å². The first-order chi connectivity index (χ1) is 20.0. The minimum absolute atomic E-state index is 0.00332. The summed E-state index contributed by atoms with van der Waals surface area (Å²) in [6.07, 6.45) is -3.34. The van der Waals surface area contributed by atoms with Crippen LogP contribution in [0.2, 0.25) is 0 Å². The van der Waals surface area contributed by atoms with Crippen molar-refractivity contribution in [1.82, 2.24) is 14.8 Å². The van der Waals surface area contributed by atoms with Crippen molar-refractivity contribution in [3.63, 3.8) is 0 Å². The molecule has 0 bridgehead atoms. The van der Waals surface area contributed by atoms with Gasteiger partial charge in [-0.2, -0.15) is 18.3 Å². The van der Waals surface area contributed by atoms with Gasteiger partial charge < -0.3 is 24.9 Å². The molecule has 0 fully saturated rings. The van der Waals surface area contributed by atoms with Gasteiger partial charge in [0.05, 0.1) is 19.0 Å². The van der Waals surface area contributed by atoms with Gasteiger partial charge in [0.15, 0.2) is 5.76 Å². The molecule has 0 unspecified atom stereocenters. The lowest BCUT2D eigenvalue weighted by molar-refractivity contribution is -0.140. The first-order valence-electron chi connectivity index (χ1n) is 12.5. The van der Waals surface area contributed by atoms with Crippen molar-refractivity contribution < 1.29 is 36.7 Å². The van der Waals surface area contributed by atoms with E-state index in [1.807, 2.05) is 6.92 Å². The molecule has 0 radical (unpaired) electrons. The number of anilines is 1. The number of nitrogens with two attached hydrogens (primary N) is 1. The van der Waals surface area contributed by atoms with E-state index < -0.39 is 23.7 Å². The van der Waals surface area contributed by atoms with Gasteiger partial charge in [-0.05, 0) is 49.7 Å². The second-order valence-electron chi connectivity index (χ2n) is 9.05. The van der Waals surface area contributed by atoms with Gasteiger partial charge in [-0.15, -0.1) is 11.3 Å². The van der Waals surface area contributed by atoms with E-state index in [0.717, 1.165) is 6.07 Å². The van der Waals surface area contributed by atoms with Crippen molar-refractivity contribution >= 4 is 39.1 Å². The van der Waals surface area contributed by atoms with Gasteiger partial charge in [-0.3, -0.25) is 14.3 Å². The second-order valence-corrected chi connectivity index (χ2v) is 10.0. The minimum atomic E-state index is -4.77. The number of fused-ring (bicyclic) bond motifs is 1. The number of nitrogens with one attached hydrogen (secondary N) is 1. The van der Waals surface area contributed by atoms with E-state index in [9.17, 15) is 22.8 Å². The third-order valence-electron chi connectivity index (χ3n) is 6.42. The molecule has 0 spiro atoms. The number of furan rings is 1. The van der Waals surface area contributed by atoms with Gasteiger partial charge in [0.2, 0.25) is 0 Å². The Hall–Kier alpha value is -4.85. The van der Waals surface area contributed by atoms with Crippen LogP contribution in [0.25, 0.3) is 21.3 Å². The molecule has 0 aliphatic rings. The lowest BCUT2D eigenvalue weighted by atomic mass is 10.0. The summed E-state index contributed by atoms with van der Waals surface area (Å²) < 4.78 is 59.6. The molecular weight excluding hydrogens is 575 g/mol. The smallest absolute Gasteiger partial charge is 0.433 e. The molecule has 14 heteroatoms. The Labute approximate surface area is 240 Å². The highest BCUT2D eigenvalue weighted by Gasteiger charge is 2.35. The molecule has 0 saturated heterocycles. The van der Waals surface area contributed by atoms with Crippen molar-refractivity contribution in [2.75, 3.05) is 12.4 Å². The van der Waals surface area contributed by atoms with Crippen LogP contribution < -0.4 is 20.5 Å². The van der Waals surface area contributed by atoms with E-state index in [4.69, 9.17) is 19.6 Å². The summed E-state index contributed by atoms with van der Waals surface area (Å²) in [5, 5.41) is 6.99. The van der Waals surface area contributed by atoms with Gasteiger partial charge in [-0.1, -0.05) is 6.07 Å². The van der Waals surface area contributed by atoms with E-state index in [1.54, 1.807) is 41.9 Å². The Morgan fingerprint density at radius 2 is 1.90 bits per heavy atom. The number of rotatable bonds is 9. The van der Waals surface area contributed by atoms with Crippen LogP contribution >= 0.6 is 11.3 Å². The molecule has 218 valence electrons. The van der Waals surface area contributed by atoms with Crippen LogP contribution in [0.5, 0.6) is 11.5 Å². The SMILES string of the molecule is CCn1ncc(-c2cc(C(F)(F)F)nc3sc(C(N)=O)c(NC(=O)c4ccc(COc5cccc(OC)c5)o4)c23)c1C. The average molecular weight is 600 g/mol. The molecule has 0 atom stereocenters. The molecule has 1 aromatic carbocycles. The highest BCUT2D eigenvalue weighted by atomic mass is 32.1. The van der Waals surface area contributed by atoms with E-state index in [0.29, 0.717) is 46.4 Å². The Morgan fingerprint density at radius 1 is 1.14 bits per heavy atom. The standard InChI is InChI=1S/C28H24F3N5O5S/c1-4-36-14(2)19(12-33-36)18-11-21(28(29,30)31)34-27-22(18)23(24(42-27)25(32)37)35-26(38)20-9-8-17(41-20)13-40-16-7-5-6-15(10-16)39-3/h5-12H,4,13H2,1-3H3,(H2,32,37)(H,35,38). The van der Waals surface area contributed by atoms with Crippen LogP contribution in [0.15, 0.2) is 53.1 Å². The maximum atomic E-state index is 13.8. The van der Waals surface area contributed by atoms with Gasteiger partial charge >= 0.3 is 6.18 Å². The Kier molecular flexibility index (Phi) is 7.65. The maximum absolute atomic E-state index is 13.8. The highest BCUT2D eigenvalue weighted by molar-refractivity contribution is 7.21. The summed E-state index contributed by atoms with van der Waals surface area (Å²) in [6, 6.07) is 10.8. The molecule has 0 aliphatic heterocycles. The van der Waals surface area contributed by atoms with Gasteiger partial charge in [0.25, 0.3) is 11.8 Å². The number of ether oxygens (including phenoxy) is 2. The number of amides is 2. The zero-order chi connectivity index (χ0) is 30.2. The Morgan fingerprint density at radius 3 is 2.57 bits per heavy atom. The van der Waals surface area contributed by atoms with Crippen molar-refractivity contribution in [2.24, 2.45) is 5.73 Å². The summed E-state index contributed by atoms with van der Waals surface area (Å²) >= 11 is 0.652. The monoisotopic (exact) mass is 599 g/mol. The fraction of sp³-hybridized carbons (Fsp3) is 0.214. The van der Waals surface area contributed by atoms with Crippen molar-refractivity contribution in [3.05, 3.63) is 76.4 Å². The average Bonchev–Trinajstić information content (AvgIpc) is 3.68. The first kappa shape index (κ1) is 28.7. The molecule has 5 rings (SSSR count). The summed E-state index contributed by atoms with van der Waals surface area (Å²) in [5.74, 6) is -0.364. The highest BCUT2D eigenvalue weighted by Crippen LogP contribution is 2.44. The van der Waals surface area contributed by atoms with Crippen LogP contribution in [0, 0.1) is 6.92 Å². The number of halogens is 3.